The average Bonchev–Trinajstić information content (AvgIpc) is 2.96. The van der Waals surface area contributed by atoms with Crippen LogP contribution in [0.5, 0.6) is 0 Å². The minimum atomic E-state index is -3.64. The predicted molar refractivity (Wildman–Crippen MR) is 65.4 cm³/mol. The fourth-order valence-corrected chi connectivity index (χ4v) is 2.51. The van der Waals surface area contributed by atoms with Gasteiger partial charge in [-0.3, -0.25) is 9.40 Å². The van der Waals surface area contributed by atoms with Crippen LogP contribution in [0.3, 0.4) is 0 Å². The number of aromatic amines is 1. The zero-order valence-electron chi connectivity index (χ0n) is 9.79. The Bertz CT molecular complexity index is 629. The highest BCUT2D eigenvalue weighted by Crippen LogP contribution is 2.16. The van der Waals surface area contributed by atoms with Crippen molar-refractivity contribution in [1.82, 2.24) is 14.8 Å². The van der Waals surface area contributed by atoms with E-state index in [2.05, 4.69) is 14.8 Å². The maximum Gasteiger partial charge on any atom is 0.263 e. The highest BCUT2D eigenvalue weighted by molar-refractivity contribution is 7.92. The summed E-state index contributed by atoms with van der Waals surface area (Å²) in [5.74, 6) is 0. The maximum atomic E-state index is 12.0. The lowest BCUT2D eigenvalue weighted by Gasteiger charge is -2.02. The van der Waals surface area contributed by atoms with Crippen molar-refractivity contribution in [3.8, 4) is 0 Å². The lowest BCUT2D eigenvalue weighted by Crippen LogP contribution is -2.11. The molecule has 0 bridgehead atoms. The smallest absolute Gasteiger partial charge is 0.263 e. The van der Waals surface area contributed by atoms with Gasteiger partial charge >= 0.3 is 0 Å². The van der Waals surface area contributed by atoms with Crippen molar-refractivity contribution in [1.29, 1.82) is 0 Å². The molecule has 0 aliphatic rings. The standard InChI is InChI=1S/C10H14N4O3S/c1-2-14-6-9(4-12-14)13-18(16,17)10-3-8(7-15)11-5-10/h3-6,11,13,15H,2,7H2,1H3. The quantitative estimate of drug-likeness (QED) is 0.737. The fraction of sp³-hybridized carbons (Fsp3) is 0.300. The summed E-state index contributed by atoms with van der Waals surface area (Å²) < 4.78 is 28.0. The first-order valence-corrected chi connectivity index (χ1v) is 6.87. The van der Waals surface area contributed by atoms with Gasteiger partial charge in [-0.05, 0) is 13.0 Å². The molecule has 3 N–H and O–H groups in total. The van der Waals surface area contributed by atoms with Gasteiger partial charge in [-0.2, -0.15) is 5.10 Å². The molecule has 0 unspecified atom stereocenters. The number of aliphatic hydroxyl groups is 1. The van der Waals surface area contributed by atoms with Crippen molar-refractivity contribution in [2.45, 2.75) is 25.0 Å². The van der Waals surface area contributed by atoms with Crippen molar-refractivity contribution in [2.24, 2.45) is 0 Å². The molecule has 0 aromatic carbocycles. The van der Waals surface area contributed by atoms with E-state index in [-0.39, 0.29) is 11.5 Å². The number of aryl methyl sites for hydroxylation is 1. The van der Waals surface area contributed by atoms with Crippen LogP contribution in [0.25, 0.3) is 0 Å². The Morgan fingerprint density at radius 2 is 2.33 bits per heavy atom. The Balaban J connectivity index is 2.21. The highest BCUT2D eigenvalue weighted by atomic mass is 32.2. The Morgan fingerprint density at radius 3 is 2.89 bits per heavy atom. The molecule has 0 saturated heterocycles. The number of aromatic nitrogens is 3. The fourth-order valence-electron chi connectivity index (χ4n) is 1.47. The van der Waals surface area contributed by atoms with Crippen LogP contribution in [-0.2, 0) is 23.2 Å². The largest absolute Gasteiger partial charge is 0.390 e. The molecule has 2 heterocycles. The van der Waals surface area contributed by atoms with Crippen molar-refractivity contribution < 1.29 is 13.5 Å². The topological polar surface area (TPSA) is 100 Å². The molecule has 0 spiro atoms. The number of anilines is 1. The summed E-state index contributed by atoms with van der Waals surface area (Å²) in [6.45, 7) is 2.34. The van der Waals surface area contributed by atoms with Crippen molar-refractivity contribution in [2.75, 3.05) is 4.72 Å². The van der Waals surface area contributed by atoms with E-state index in [1.165, 1.54) is 18.5 Å². The Labute approximate surface area is 105 Å². The van der Waals surface area contributed by atoms with Crippen LogP contribution in [0.2, 0.25) is 0 Å². The summed E-state index contributed by atoms with van der Waals surface area (Å²) in [6, 6.07) is 1.38. The summed E-state index contributed by atoms with van der Waals surface area (Å²) in [5.41, 5.74) is 0.850. The van der Waals surface area contributed by atoms with E-state index < -0.39 is 10.0 Å². The molecular formula is C10H14N4O3S. The number of H-pyrrole nitrogens is 1. The molecule has 0 atom stereocenters. The molecule has 18 heavy (non-hydrogen) atoms. The van der Waals surface area contributed by atoms with Crippen LogP contribution in [0, 0.1) is 0 Å². The summed E-state index contributed by atoms with van der Waals surface area (Å²) in [7, 11) is -3.64. The van der Waals surface area contributed by atoms with E-state index in [1.54, 1.807) is 10.9 Å². The Morgan fingerprint density at radius 1 is 1.56 bits per heavy atom. The summed E-state index contributed by atoms with van der Waals surface area (Å²) in [4.78, 5) is 2.75. The Kier molecular flexibility index (Phi) is 3.39. The van der Waals surface area contributed by atoms with E-state index >= 15 is 0 Å². The SMILES string of the molecule is CCn1cc(NS(=O)(=O)c2c[nH]c(CO)c2)cn1. The van der Waals surface area contributed by atoms with Crippen LogP contribution < -0.4 is 4.72 Å². The first-order valence-electron chi connectivity index (χ1n) is 5.38. The number of nitrogens with zero attached hydrogens (tertiary/aromatic N) is 2. The van der Waals surface area contributed by atoms with E-state index in [0.717, 1.165) is 0 Å². The van der Waals surface area contributed by atoms with Crippen LogP contribution >= 0.6 is 0 Å². The molecule has 8 heteroatoms. The number of sulfonamides is 1. The molecule has 0 aliphatic heterocycles. The first kappa shape index (κ1) is 12.7. The third-order valence-electron chi connectivity index (χ3n) is 2.41. The number of nitrogens with one attached hydrogen (secondary N) is 2. The Hall–Kier alpha value is -1.80. The van der Waals surface area contributed by atoms with Gasteiger partial charge < -0.3 is 10.1 Å². The van der Waals surface area contributed by atoms with Crippen LogP contribution in [0.4, 0.5) is 5.69 Å². The van der Waals surface area contributed by atoms with Gasteiger partial charge in [-0.25, -0.2) is 8.42 Å². The number of hydrogen-bond acceptors (Lipinski definition) is 4. The number of hydrogen-bond donors (Lipinski definition) is 3. The minimum absolute atomic E-state index is 0.0794. The summed E-state index contributed by atoms with van der Waals surface area (Å²) in [6.07, 6.45) is 4.38. The van der Waals surface area contributed by atoms with Crippen LogP contribution in [-0.4, -0.2) is 28.3 Å². The second-order valence-corrected chi connectivity index (χ2v) is 5.39. The van der Waals surface area contributed by atoms with Gasteiger partial charge in [0.05, 0.1) is 18.5 Å². The van der Waals surface area contributed by atoms with Gasteiger partial charge in [0.2, 0.25) is 0 Å². The van der Waals surface area contributed by atoms with Gasteiger partial charge in [0.15, 0.2) is 0 Å². The molecular weight excluding hydrogens is 256 g/mol. The molecule has 0 radical (unpaired) electrons. The van der Waals surface area contributed by atoms with Crippen LogP contribution in [0.15, 0.2) is 29.6 Å². The minimum Gasteiger partial charge on any atom is -0.390 e. The molecule has 0 aliphatic carbocycles. The van der Waals surface area contributed by atoms with Gasteiger partial charge in [-0.1, -0.05) is 0 Å². The van der Waals surface area contributed by atoms with Crippen molar-refractivity contribution in [3.63, 3.8) is 0 Å². The van der Waals surface area contributed by atoms with Gasteiger partial charge in [0.1, 0.15) is 4.90 Å². The van der Waals surface area contributed by atoms with E-state index in [1.807, 2.05) is 6.92 Å². The lowest BCUT2D eigenvalue weighted by atomic mass is 10.5. The first-order chi connectivity index (χ1) is 8.55. The van der Waals surface area contributed by atoms with Gasteiger partial charge in [0.25, 0.3) is 10.0 Å². The third-order valence-corrected chi connectivity index (χ3v) is 3.77. The van der Waals surface area contributed by atoms with Crippen molar-refractivity contribution >= 4 is 15.7 Å². The predicted octanol–water partition coefficient (Wildman–Crippen LogP) is 0.524. The van der Waals surface area contributed by atoms with Crippen molar-refractivity contribution in [3.05, 3.63) is 30.4 Å². The molecule has 2 aromatic heterocycles. The molecule has 7 nitrogen and oxygen atoms in total. The molecule has 98 valence electrons. The lowest BCUT2D eigenvalue weighted by molar-refractivity contribution is 0.277. The highest BCUT2D eigenvalue weighted by Gasteiger charge is 2.16. The molecule has 0 saturated carbocycles. The molecule has 0 fully saturated rings. The average molecular weight is 270 g/mol. The zero-order chi connectivity index (χ0) is 13.2. The normalized spacial score (nSPS) is 11.7. The number of rotatable bonds is 5. The molecule has 0 amide bonds. The maximum absolute atomic E-state index is 12.0. The number of aliphatic hydroxyl groups excluding tert-OH is 1. The molecule has 2 rings (SSSR count). The monoisotopic (exact) mass is 270 g/mol. The second kappa shape index (κ2) is 4.83. The van der Waals surface area contributed by atoms with Gasteiger partial charge in [0, 0.05) is 24.6 Å². The van der Waals surface area contributed by atoms with Crippen LogP contribution in [0.1, 0.15) is 12.6 Å². The second-order valence-electron chi connectivity index (χ2n) is 3.71. The third kappa shape index (κ3) is 2.54. The zero-order valence-corrected chi connectivity index (χ0v) is 10.6. The summed E-state index contributed by atoms with van der Waals surface area (Å²) >= 11 is 0. The van der Waals surface area contributed by atoms with Gasteiger partial charge in [-0.15, -0.1) is 0 Å². The van der Waals surface area contributed by atoms with E-state index in [0.29, 0.717) is 17.9 Å². The van der Waals surface area contributed by atoms with E-state index in [4.69, 9.17) is 5.11 Å². The molecule has 2 aromatic rings. The summed E-state index contributed by atoms with van der Waals surface area (Å²) in [5, 5.41) is 12.9. The van der Waals surface area contributed by atoms with E-state index in [9.17, 15) is 8.42 Å².